The minimum absolute atomic E-state index is 0.0957. The second-order valence-electron chi connectivity index (χ2n) is 8.20. The fourth-order valence-corrected chi connectivity index (χ4v) is 2.49. The highest BCUT2D eigenvalue weighted by Crippen LogP contribution is 2.08. The first-order chi connectivity index (χ1) is 14.1. The molecule has 0 aromatic heterocycles. The topological polar surface area (TPSA) is 78.6 Å². The molecule has 30 heavy (non-hydrogen) atoms. The Bertz CT molecular complexity index is 648. The van der Waals surface area contributed by atoms with Gasteiger partial charge in [0.1, 0.15) is 19.3 Å². The van der Waals surface area contributed by atoms with Crippen LogP contribution in [0.5, 0.6) is 0 Å². The fourth-order valence-electron chi connectivity index (χ4n) is 2.49. The van der Waals surface area contributed by atoms with E-state index >= 15 is 0 Å². The van der Waals surface area contributed by atoms with Crippen LogP contribution in [-0.2, 0) is 19.1 Å². The zero-order valence-electron chi connectivity index (χ0n) is 19.8. The molecule has 0 heterocycles. The summed E-state index contributed by atoms with van der Waals surface area (Å²) in [4.78, 5) is 23.8. The van der Waals surface area contributed by atoms with E-state index in [0.29, 0.717) is 0 Å². The summed E-state index contributed by atoms with van der Waals surface area (Å²) in [6.07, 6.45) is 12.3. The normalized spacial score (nSPS) is 12.8. The molecule has 2 N–H and O–H groups in total. The Morgan fingerprint density at radius 3 is 1.67 bits per heavy atom. The highest BCUT2D eigenvalue weighted by Gasteiger charge is 2.16. The lowest BCUT2D eigenvalue weighted by atomic mass is 10.1. The first-order valence-corrected chi connectivity index (χ1v) is 10.8. The van der Waals surface area contributed by atoms with Crippen molar-refractivity contribution < 1.29 is 19.1 Å². The number of carbonyl (C=O) groups excluding carboxylic acids is 2. The summed E-state index contributed by atoms with van der Waals surface area (Å²) in [6.45, 7) is 12.8. The summed E-state index contributed by atoms with van der Waals surface area (Å²) in [5.74, 6) is -0.854. The van der Waals surface area contributed by atoms with Gasteiger partial charge in [0, 0.05) is 6.42 Å². The van der Waals surface area contributed by atoms with Crippen LogP contribution in [0.1, 0.15) is 80.1 Å². The summed E-state index contributed by atoms with van der Waals surface area (Å²) in [5.41, 5.74) is 10.8. The summed E-state index contributed by atoms with van der Waals surface area (Å²) >= 11 is 0. The van der Waals surface area contributed by atoms with E-state index in [1.165, 1.54) is 22.3 Å². The van der Waals surface area contributed by atoms with Crippen LogP contribution >= 0.6 is 0 Å². The molecule has 0 saturated carbocycles. The number of hydrogen-bond donors (Lipinski definition) is 1. The molecule has 0 spiro atoms. The monoisotopic (exact) mass is 419 g/mol. The number of ether oxygens (including phenoxy) is 2. The van der Waals surface area contributed by atoms with Gasteiger partial charge >= 0.3 is 11.9 Å². The molecule has 0 amide bonds. The molecule has 0 aliphatic carbocycles. The summed E-state index contributed by atoms with van der Waals surface area (Å²) in [7, 11) is 0. The molecule has 0 unspecified atom stereocenters. The van der Waals surface area contributed by atoms with Gasteiger partial charge in [-0.05, 0) is 85.8 Å². The largest absolute Gasteiger partial charge is 0.461 e. The summed E-state index contributed by atoms with van der Waals surface area (Å²) < 4.78 is 10.4. The number of allylic oxidation sites excluding steroid dienone is 6. The molecule has 0 bridgehead atoms. The molecule has 0 saturated heterocycles. The van der Waals surface area contributed by atoms with E-state index in [1.807, 2.05) is 26.0 Å². The first-order valence-electron chi connectivity index (χ1n) is 10.8. The van der Waals surface area contributed by atoms with Crippen molar-refractivity contribution >= 4 is 11.9 Å². The fraction of sp³-hybridized carbons (Fsp3) is 0.600. The highest BCUT2D eigenvalue weighted by molar-refractivity contribution is 5.77. The van der Waals surface area contributed by atoms with Crippen LogP contribution in [0.25, 0.3) is 0 Å². The molecule has 0 fully saturated rings. The van der Waals surface area contributed by atoms with Crippen molar-refractivity contribution in [3.05, 3.63) is 46.6 Å². The zero-order valence-corrected chi connectivity index (χ0v) is 19.8. The van der Waals surface area contributed by atoms with E-state index in [-0.39, 0.29) is 32.0 Å². The lowest BCUT2D eigenvalue weighted by Crippen LogP contribution is -2.33. The Morgan fingerprint density at radius 1 is 0.733 bits per heavy atom. The smallest absolute Gasteiger partial charge is 0.323 e. The van der Waals surface area contributed by atoms with Gasteiger partial charge < -0.3 is 15.2 Å². The third-order valence-corrected chi connectivity index (χ3v) is 4.48. The molecule has 1 atom stereocenters. The van der Waals surface area contributed by atoms with Crippen LogP contribution in [-0.4, -0.2) is 31.2 Å². The van der Waals surface area contributed by atoms with Crippen molar-refractivity contribution in [2.75, 3.05) is 13.2 Å². The zero-order chi connectivity index (χ0) is 22.9. The summed E-state index contributed by atoms with van der Waals surface area (Å²) in [6, 6.07) is -0.821. The number of esters is 2. The van der Waals surface area contributed by atoms with Crippen LogP contribution in [0.2, 0.25) is 0 Å². The van der Waals surface area contributed by atoms with E-state index in [1.54, 1.807) is 0 Å². The Hall–Kier alpha value is -2.14. The molecule has 0 aromatic carbocycles. The van der Waals surface area contributed by atoms with Crippen LogP contribution < -0.4 is 5.73 Å². The molecule has 0 radical (unpaired) electrons. The molecule has 0 aromatic rings. The molecule has 0 aliphatic rings. The number of hydrogen-bond acceptors (Lipinski definition) is 5. The van der Waals surface area contributed by atoms with Crippen LogP contribution in [0, 0.1) is 0 Å². The van der Waals surface area contributed by atoms with Crippen molar-refractivity contribution in [2.45, 2.75) is 86.1 Å². The van der Waals surface area contributed by atoms with Gasteiger partial charge in [0.05, 0.1) is 0 Å². The van der Waals surface area contributed by atoms with E-state index in [0.717, 1.165) is 25.7 Å². The van der Waals surface area contributed by atoms with Gasteiger partial charge in [-0.1, -0.05) is 34.4 Å². The Balaban J connectivity index is 4.06. The first kappa shape index (κ1) is 27.9. The maximum atomic E-state index is 11.9. The van der Waals surface area contributed by atoms with Gasteiger partial charge in [-0.3, -0.25) is 9.59 Å². The second-order valence-corrected chi connectivity index (χ2v) is 8.20. The maximum Gasteiger partial charge on any atom is 0.323 e. The number of nitrogens with two attached hydrogens (primary N) is 1. The van der Waals surface area contributed by atoms with Crippen molar-refractivity contribution in [3.8, 4) is 0 Å². The predicted molar refractivity (Wildman–Crippen MR) is 124 cm³/mol. The molecule has 0 rings (SSSR count). The van der Waals surface area contributed by atoms with Gasteiger partial charge in [-0.25, -0.2) is 0 Å². The minimum atomic E-state index is -0.821. The molecule has 170 valence electrons. The van der Waals surface area contributed by atoms with E-state index in [9.17, 15) is 9.59 Å². The molecule has 0 aliphatic heterocycles. The number of carbonyl (C=O) groups is 2. The van der Waals surface area contributed by atoms with Gasteiger partial charge in [-0.15, -0.1) is 0 Å². The predicted octanol–water partition coefficient (Wildman–Crippen LogP) is 5.57. The quantitative estimate of drug-likeness (QED) is 0.294. The van der Waals surface area contributed by atoms with Crippen molar-refractivity contribution in [1.29, 1.82) is 0 Å². The molecular weight excluding hydrogens is 378 g/mol. The highest BCUT2D eigenvalue weighted by atomic mass is 16.5. The lowest BCUT2D eigenvalue weighted by Gasteiger charge is -2.10. The average Bonchev–Trinajstić information content (AvgIpc) is 2.65. The van der Waals surface area contributed by atoms with Crippen LogP contribution in [0.15, 0.2) is 46.6 Å². The van der Waals surface area contributed by atoms with Crippen LogP contribution in [0.3, 0.4) is 0 Å². The molecule has 5 heteroatoms. The van der Waals surface area contributed by atoms with Crippen molar-refractivity contribution in [3.63, 3.8) is 0 Å². The summed E-state index contributed by atoms with van der Waals surface area (Å²) in [5, 5.41) is 0. The Labute approximate surface area is 183 Å². The SMILES string of the molecule is CC(C)=CCC/C(C)=C/COC(=O)CC[C@H](N)C(=O)OC/C=C(\C)CCC=C(C)C. The third kappa shape index (κ3) is 16.8. The van der Waals surface area contributed by atoms with E-state index < -0.39 is 12.0 Å². The standard InChI is InChI=1S/C25H41NO4/c1-19(2)9-7-11-21(5)15-17-29-24(27)14-13-23(26)25(28)30-18-16-22(6)12-8-10-20(3)4/h9-10,15-16,23H,7-8,11-14,17-18,26H2,1-6H3/b21-15+,22-16+/t23-/m0/s1. The molecular formula is C25H41NO4. The lowest BCUT2D eigenvalue weighted by molar-refractivity contribution is -0.145. The van der Waals surface area contributed by atoms with Gasteiger partial charge in [0.25, 0.3) is 0 Å². The van der Waals surface area contributed by atoms with Gasteiger partial charge in [0.2, 0.25) is 0 Å². The van der Waals surface area contributed by atoms with E-state index in [2.05, 4.69) is 39.8 Å². The Kier molecular flexibility index (Phi) is 15.4. The van der Waals surface area contributed by atoms with Gasteiger partial charge in [-0.2, -0.15) is 0 Å². The second kappa shape index (κ2) is 16.6. The minimum Gasteiger partial charge on any atom is -0.461 e. The van der Waals surface area contributed by atoms with Crippen LogP contribution in [0.4, 0.5) is 0 Å². The van der Waals surface area contributed by atoms with E-state index in [4.69, 9.17) is 15.2 Å². The Morgan fingerprint density at radius 2 is 1.20 bits per heavy atom. The third-order valence-electron chi connectivity index (χ3n) is 4.48. The average molecular weight is 420 g/mol. The van der Waals surface area contributed by atoms with Crippen molar-refractivity contribution in [1.82, 2.24) is 0 Å². The molecule has 5 nitrogen and oxygen atoms in total. The van der Waals surface area contributed by atoms with Crippen molar-refractivity contribution in [2.24, 2.45) is 5.73 Å². The number of rotatable bonds is 14. The van der Waals surface area contributed by atoms with Gasteiger partial charge in [0.15, 0.2) is 0 Å². The maximum absolute atomic E-state index is 11.9.